The van der Waals surface area contributed by atoms with Crippen molar-refractivity contribution in [2.75, 3.05) is 59.2 Å². The van der Waals surface area contributed by atoms with Crippen LogP contribution in [0.25, 0.3) is 22.6 Å². The van der Waals surface area contributed by atoms with Gasteiger partial charge in [0.2, 0.25) is 5.82 Å². The maximum absolute atomic E-state index is 13.5. The summed E-state index contributed by atoms with van der Waals surface area (Å²) in [7, 11) is 0. The Bertz CT molecular complexity index is 2120. The van der Waals surface area contributed by atoms with E-state index in [2.05, 4.69) is 35.8 Å². The molecule has 1 aliphatic rings. The molecule has 15 nitrogen and oxygen atoms in total. The van der Waals surface area contributed by atoms with Crippen molar-refractivity contribution < 1.29 is 46.7 Å². The first-order valence-electron chi connectivity index (χ1n) is 20.9. The molecule has 3 heterocycles. The molecule has 0 bridgehead atoms. The van der Waals surface area contributed by atoms with Crippen molar-refractivity contribution in [3.05, 3.63) is 112 Å². The Morgan fingerprint density at radius 3 is 2.33 bits per heavy atom. The monoisotopic (exact) mass is 896 g/mol. The maximum Gasteiger partial charge on any atom is 0.471 e. The average Bonchev–Trinajstić information content (AvgIpc) is 4.01. The zero-order chi connectivity index (χ0) is 44.7. The highest BCUT2D eigenvalue weighted by Crippen LogP contribution is 2.39. The zero-order valence-corrected chi connectivity index (χ0v) is 36.1. The molecule has 19 heteroatoms. The van der Waals surface area contributed by atoms with Crippen molar-refractivity contribution in [1.82, 2.24) is 36.3 Å². The molecule has 340 valence electrons. The smallest absolute Gasteiger partial charge is 0.378 e. The van der Waals surface area contributed by atoms with Gasteiger partial charge in [0.1, 0.15) is 5.01 Å². The molecule has 0 radical (unpaired) electrons. The molecular weight excluding hydrogens is 842 g/mol. The number of hydrogen-bond donors (Lipinski definition) is 5. The van der Waals surface area contributed by atoms with Crippen molar-refractivity contribution in [3.8, 4) is 22.6 Å². The van der Waals surface area contributed by atoms with Gasteiger partial charge in [-0.15, -0.1) is 11.3 Å². The number of likely N-dealkylation sites (tertiary alicyclic amines) is 1. The minimum absolute atomic E-state index is 0.0195. The van der Waals surface area contributed by atoms with Crippen LogP contribution in [0.1, 0.15) is 53.5 Å². The van der Waals surface area contributed by atoms with Crippen molar-refractivity contribution in [3.63, 3.8) is 0 Å². The number of thiazole rings is 1. The summed E-state index contributed by atoms with van der Waals surface area (Å²) in [6, 6.07) is 25.0. The molecule has 0 unspecified atom stereocenters. The third kappa shape index (κ3) is 14.2. The summed E-state index contributed by atoms with van der Waals surface area (Å²) in [5.41, 5.74) is 14.7. The number of rotatable bonds is 24. The van der Waals surface area contributed by atoms with E-state index in [9.17, 15) is 23.1 Å². The van der Waals surface area contributed by atoms with Gasteiger partial charge < -0.3 is 35.1 Å². The summed E-state index contributed by atoms with van der Waals surface area (Å²) < 4.78 is 55.2. The van der Waals surface area contributed by atoms with Gasteiger partial charge in [-0.3, -0.25) is 14.5 Å². The number of ether oxygens (including phenoxy) is 2. The molecule has 0 aliphatic carbocycles. The molecule has 0 saturated carbocycles. The number of hydrogen-bond acceptors (Lipinski definition) is 15. The minimum atomic E-state index is -4.78. The molecular formula is C44H55F3N8O7S. The number of amides is 1. The summed E-state index contributed by atoms with van der Waals surface area (Å²) >= 11 is 1.57. The van der Waals surface area contributed by atoms with Crippen molar-refractivity contribution >= 4 is 17.2 Å². The van der Waals surface area contributed by atoms with Gasteiger partial charge in [-0.25, -0.2) is 4.98 Å². The second-order valence-electron chi connectivity index (χ2n) is 15.6. The topological polar surface area (TPSA) is 191 Å². The number of alkyl halides is 3. The molecule has 1 amide bonds. The standard InChI is InChI=1S/C44H55F3N8O7S/c1-30(2)39(54-61-40(57)35(48)26-31-10-5-3-6-11-31)60-50-18-22-58-24-25-59-23-21-55-19-16-43(17-20-55,42-51-36(28-63-42)32-12-7-4-8-13-32)29-49-38(56)34-15-9-14-33(27-34)37-52-41(62-53-37)44(45,46)47/h3-15,27-28,30,35,39-40,50,54,57H,16-26,29,48H2,1-2H3,(H,49,56)/t35-,39+,40+/m1/s1. The van der Waals surface area contributed by atoms with Crippen molar-refractivity contribution in [1.29, 1.82) is 0 Å². The largest absolute Gasteiger partial charge is 0.471 e. The second kappa shape index (κ2) is 23.3. The van der Waals surface area contributed by atoms with E-state index in [1.54, 1.807) is 23.5 Å². The molecule has 5 aromatic rings. The van der Waals surface area contributed by atoms with Crippen molar-refractivity contribution in [2.45, 2.75) is 63.3 Å². The number of carbonyl (C=O) groups is 1. The van der Waals surface area contributed by atoms with Crippen LogP contribution in [-0.4, -0.2) is 109 Å². The van der Waals surface area contributed by atoms with Crippen LogP contribution in [-0.2, 0) is 37.2 Å². The number of aliphatic hydroxyl groups excluding tert-OH is 1. The lowest BCUT2D eigenvalue weighted by Gasteiger charge is -2.40. The predicted octanol–water partition coefficient (Wildman–Crippen LogP) is 5.59. The Kier molecular flexibility index (Phi) is 17.7. The Labute approximate surface area is 368 Å². The van der Waals surface area contributed by atoms with Gasteiger partial charge in [0.15, 0.2) is 12.5 Å². The molecule has 63 heavy (non-hydrogen) atoms. The number of nitrogens with two attached hydrogens (primary N) is 1. The van der Waals surface area contributed by atoms with E-state index in [0.717, 1.165) is 54.3 Å². The zero-order valence-electron chi connectivity index (χ0n) is 35.3. The van der Waals surface area contributed by atoms with Gasteiger partial charge in [0.05, 0.1) is 38.2 Å². The van der Waals surface area contributed by atoms with Gasteiger partial charge in [-0.05, 0) is 56.0 Å². The van der Waals surface area contributed by atoms with Gasteiger partial charge in [0.25, 0.3) is 5.91 Å². The van der Waals surface area contributed by atoms with Gasteiger partial charge in [-0.2, -0.15) is 29.1 Å². The van der Waals surface area contributed by atoms with E-state index in [1.165, 1.54) is 12.1 Å². The second-order valence-corrected chi connectivity index (χ2v) is 16.4. The molecule has 3 atom stereocenters. The Morgan fingerprint density at radius 1 is 0.937 bits per heavy atom. The van der Waals surface area contributed by atoms with Gasteiger partial charge in [0, 0.05) is 47.1 Å². The van der Waals surface area contributed by atoms with Crippen LogP contribution in [0.5, 0.6) is 0 Å². The number of nitrogens with one attached hydrogen (secondary N) is 3. The molecule has 2 aromatic heterocycles. The van der Waals surface area contributed by atoms with Gasteiger partial charge >= 0.3 is 12.1 Å². The highest BCUT2D eigenvalue weighted by molar-refractivity contribution is 7.10. The molecule has 1 aliphatic heterocycles. The molecule has 1 saturated heterocycles. The van der Waals surface area contributed by atoms with Crippen LogP contribution in [0.4, 0.5) is 13.2 Å². The van der Waals surface area contributed by atoms with Crippen LogP contribution < -0.4 is 22.0 Å². The number of nitrogens with zero attached hydrogens (tertiary/aromatic N) is 4. The van der Waals surface area contributed by atoms with E-state index in [-0.39, 0.29) is 28.8 Å². The normalized spacial score (nSPS) is 15.9. The highest BCUT2D eigenvalue weighted by Gasteiger charge is 2.40. The fraction of sp³-hybridized carbons (Fsp3) is 0.455. The predicted molar refractivity (Wildman–Crippen MR) is 230 cm³/mol. The summed E-state index contributed by atoms with van der Waals surface area (Å²) in [6.45, 7) is 8.61. The van der Waals surface area contributed by atoms with E-state index in [0.29, 0.717) is 45.9 Å². The quantitative estimate of drug-likeness (QED) is 0.0293. The van der Waals surface area contributed by atoms with E-state index in [4.69, 9.17) is 29.9 Å². The fourth-order valence-corrected chi connectivity index (χ4v) is 7.91. The number of carbonyl (C=O) groups excluding carboxylic acids is 1. The van der Waals surface area contributed by atoms with Crippen LogP contribution in [0.15, 0.2) is 94.8 Å². The average molecular weight is 897 g/mol. The SMILES string of the molecule is CC(C)[C@@H](NO[C@H](O)[C@H](N)Cc1ccccc1)ONCCOCCOCCN1CCC(CNC(=O)c2cccc(-c3noc(C(F)(F)F)n3)c2)(c2nc(-c3ccccc3)cs2)CC1. The van der Waals surface area contributed by atoms with Crippen LogP contribution in [0.2, 0.25) is 0 Å². The first kappa shape index (κ1) is 47.8. The number of halogens is 3. The molecule has 1 fully saturated rings. The third-order valence-electron chi connectivity index (χ3n) is 10.6. The molecule has 0 spiro atoms. The van der Waals surface area contributed by atoms with E-state index < -0.39 is 36.0 Å². The summed E-state index contributed by atoms with van der Waals surface area (Å²) in [4.78, 5) is 35.4. The number of aliphatic hydroxyl groups is 1. The number of hydroxylamine groups is 2. The Morgan fingerprint density at radius 2 is 1.63 bits per heavy atom. The minimum Gasteiger partial charge on any atom is -0.378 e. The lowest BCUT2D eigenvalue weighted by atomic mass is 9.78. The third-order valence-corrected chi connectivity index (χ3v) is 11.6. The maximum atomic E-state index is 13.5. The number of piperidine rings is 1. The summed E-state index contributed by atoms with van der Waals surface area (Å²) in [5.74, 6) is -2.08. The fourth-order valence-electron chi connectivity index (χ4n) is 6.82. The lowest BCUT2D eigenvalue weighted by molar-refractivity contribution is -0.218. The number of benzene rings is 3. The summed E-state index contributed by atoms with van der Waals surface area (Å²) in [6.07, 6.45) is -4.63. The molecule has 6 rings (SSSR count). The van der Waals surface area contributed by atoms with Crippen LogP contribution in [0, 0.1) is 5.92 Å². The molecule has 3 aromatic carbocycles. The Hall–Kier alpha value is -4.67. The van der Waals surface area contributed by atoms with E-state index in [1.807, 2.05) is 79.9 Å². The summed E-state index contributed by atoms with van der Waals surface area (Å²) in [5, 5.41) is 19.9. The van der Waals surface area contributed by atoms with Gasteiger partial charge in [-0.1, -0.05) is 91.8 Å². The van der Waals surface area contributed by atoms with Crippen LogP contribution >= 0.6 is 11.3 Å². The van der Waals surface area contributed by atoms with E-state index >= 15 is 0 Å². The first-order valence-corrected chi connectivity index (χ1v) is 21.7. The highest BCUT2D eigenvalue weighted by atomic mass is 32.1. The van der Waals surface area contributed by atoms with Crippen molar-refractivity contribution in [2.24, 2.45) is 11.7 Å². The Balaban J connectivity index is 0.911. The number of aromatic nitrogens is 3. The van der Waals surface area contributed by atoms with Crippen LogP contribution in [0.3, 0.4) is 0 Å². The first-order chi connectivity index (χ1) is 30.4. The molecule has 6 N–H and O–H groups in total. The lowest BCUT2D eigenvalue weighted by Crippen LogP contribution is -2.49.